The van der Waals surface area contributed by atoms with E-state index >= 15 is 0 Å². The normalized spacial score (nSPS) is 17.7. The first-order valence-electron chi connectivity index (χ1n) is 5.75. The minimum Gasteiger partial charge on any atom is -0.480 e. The van der Waals surface area contributed by atoms with Crippen LogP contribution in [-0.4, -0.2) is 35.4 Å². The summed E-state index contributed by atoms with van der Waals surface area (Å²) in [6.07, 6.45) is -0.741. The molecule has 2 rings (SSSR count). The largest absolute Gasteiger partial charge is 0.480 e. The number of rotatable bonds is 3. The highest BCUT2D eigenvalue weighted by atomic mass is 16.5. The number of fused-ring (bicyclic) bond motifs is 1. The van der Waals surface area contributed by atoms with Gasteiger partial charge in [0.05, 0.1) is 5.69 Å². The maximum absolute atomic E-state index is 12.0. The third kappa shape index (κ3) is 2.42. The molecule has 1 aromatic rings. The second kappa shape index (κ2) is 4.72. The van der Waals surface area contributed by atoms with E-state index in [0.717, 1.165) is 4.90 Å². The minimum atomic E-state index is -1.12. The Labute approximate surface area is 109 Å². The van der Waals surface area contributed by atoms with Crippen LogP contribution in [0, 0.1) is 0 Å². The zero-order valence-electron chi connectivity index (χ0n) is 10.5. The molecule has 0 bridgehead atoms. The number of nitrogens with zero attached hydrogens (tertiary/aromatic N) is 1. The van der Waals surface area contributed by atoms with Crippen molar-refractivity contribution < 1.29 is 24.2 Å². The first-order chi connectivity index (χ1) is 8.90. The molecule has 6 heteroatoms. The van der Waals surface area contributed by atoms with Crippen LogP contribution in [0.1, 0.15) is 24.2 Å². The molecular formula is C13H13NO5. The van der Waals surface area contributed by atoms with Crippen LogP contribution in [-0.2, 0) is 9.59 Å². The minimum absolute atomic E-state index is 0.163. The van der Waals surface area contributed by atoms with E-state index < -0.39 is 24.5 Å². The Bertz CT molecular complexity index is 566. The van der Waals surface area contributed by atoms with Crippen molar-refractivity contribution >= 4 is 23.3 Å². The molecule has 19 heavy (non-hydrogen) atoms. The van der Waals surface area contributed by atoms with Crippen LogP contribution >= 0.6 is 0 Å². The summed E-state index contributed by atoms with van der Waals surface area (Å²) in [6, 6.07) is 4.64. The van der Waals surface area contributed by atoms with Crippen molar-refractivity contribution in [3.8, 4) is 5.75 Å². The molecule has 1 aliphatic rings. The lowest BCUT2D eigenvalue weighted by atomic mass is 10.1. The Kier molecular flexibility index (Phi) is 3.25. The van der Waals surface area contributed by atoms with E-state index in [4.69, 9.17) is 9.84 Å². The van der Waals surface area contributed by atoms with Gasteiger partial charge in [0.15, 0.2) is 11.9 Å². The van der Waals surface area contributed by atoms with Crippen LogP contribution in [0.4, 0.5) is 5.69 Å². The van der Waals surface area contributed by atoms with E-state index in [1.807, 2.05) is 0 Å². The molecule has 0 saturated carbocycles. The van der Waals surface area contributed by atoms with Gasteiger partial charge < -0.3 is 9.84 Å². The number of benzene rings is 1. The zero-order chi connectivity index (χ0) is 14.2. The van der Waals surface area contributed by atoms with E-state index in [0.29, 0.717) is 17.0 Å². The molecule has 0 radical (unpaired) electrons. The highest BCUT2D eigenvalue weighted by Gasteiger charge is 2.33. The average molecular weight is 263 g/mol. The lowest BCUT2D eigenvalue weighted by molar-refractivity contribution is -0.137. The molecule has 0 unspecified atom stereocenters. The van der Waals surface area contributed by atoms with Crippen molar-refractivity contribution in [2.45, 2.75) is 20.0 Å². The fraction of sp³-hybridized carbons (Fsp3) is 0.308. The molecule has 1 N–H and O–H groups in total. The number of aliphatic carboxylic acids is 1. The summed E-state index contributed by atoms with van der Waals surface area (Å²) in [6.45, 7) is 2.50. The van der Waals surface area contributed by atoms with E-state index in [-0.39, 0.29) is 5.78 Å². The van der Waals surface area contributed by atoms with Gasteiger partial charge in [-0.1, -0.05) is 0 Å². The number of hydrogen-bond acceptors (Lipinski definition) is 4. The van der Waals surface area contributed by atoms with Crippen molar-refractivity contribution in [1.29, 1.82) is 0 Å². The van der Waals surface area contributed by atoms with E-state index in [1.165, 1.54) is 13.0 Å². The number of Topliss-reactive ketones (excluding diaryl/α,β-unsaturated/α-hetero) is 1. The fourth-order valence-corrected chi connectivity index (χ4v) is 1.92. The van der Waals surface area contributed by atoms with Gasteiger partial charge >= 0.3 is 5.97 Å². The van der Waals surface area contributed by atoms with Gasteiger partial charge in [-0.25, -0.2) is 0 Å². The smallest absolute Gasteiger partial charge is 0.323 e. The number of carbonyl (C=O) groups excluding carboxylic acids is 2. The summed E-state index contributed by atoms with van der Waals surface area (Å²) in [5.74, 6) is -1.32. The van der Waals surface area contributed by atoms with Gasteiger partial charge in [0, 0.05) is 5.56 Å². The molecule has 0 fully saturated rings. The molecule has 100 valence electrons. The fourth-order valence-electron chi connectivity index (χ4n) is 1.92. The van der Waals surface area contributed by atoms with Crippen molar-refractivity contribution in [2.24, 2.45) is 0 Å². The van der Waals surface area contributed by atoms with Gasteiger partial charge in [-0.05, 0) is 32.0 Å². The Morgan fingerprint density at radius 1 is 1.42 bits per heavy atom. The number of ketones is 1. The molecule has 1 heterocycles. The number of carbonyl (C=O) groups is 3. The number of carboxylic acid groups (broad SMARTS) is 1. The predicted octanol–water partition coefficient (Wildman–Crippen LogP) is 1.09. The molecule has 1 aromatic carbocycles. The molecule has 0 aliphatic carbocycles. The van der Waals surface area contributed by atoms with E-state index in [1.54, 1.807) is 19.1 Å². The summed E-state index contributed by atoms with van der Waals surface area (Å²) in [4.78, 5) is 35.3. The van der Waals surface area contributed by atoms with E-state index in [9.17, 15) is 14.4 Å². The standard InChI is InChI=1S/C13H13NO5/c1-7(15)9-3-4-11-10(5-9)14(6-12(16)17)13(18)8(2)19-11/h3-5,8H,6H2,1-2H3,(H,16,17)/t8-/m1/s1. The second-order valence-electron chi connectivity index (χ2n) is 4.32. The van der Waals surface area contributed by atoms with Crippen LogP contribution in [0.25, 0.3) is 0 Å². The Morgan fingerprint density at radius 2 is 2.11 bits per heavy atom. The monoisotopic (exact) mass is 263 g/mol. The maximum Gasteiger partial charge on any atom is 0.323 e. The number of amides is 1. The van der Waals surface area contributed by atoms with Crippen LogP contribution in [0.2, 0.25) is 0 Å². The number of anilines is 1. The molecular weight excluding hydrogens is 250 g/mol. The third-order valence-electron chi connectivity index (χ3n) is 2.87. The molecule has 1 aliphatic heterocycles. The van der Waals surface area contributed by atoms with Crippen LogP contribution in [0.5, 0.6) is 5.75 Å². The maximum atomic E-state index is 12.0. The first-order valence-corrected chi connectivity index (χ1v) is 5.75. The first kappa shape index (κ1) is 13.1. The van der Waals surface area contributed by atoms with Gasteiger partial charge in [0.25, 0.3) is 5.91 Å². The van der Waals surface area contributed by atoms with Crippen LogP contribution in [0.3, 0.4) is 0 Å². The Morgan fingerprint density at radius 3 is 2.68 bits per heavy atom. The summed E-state index contributed by atoms with van der Waals surface area (Å²) >= 11 is 0. The van der Waals surface area contributed by atoms with Crippen molar-refractivity contribution in [3.63, 3.8) is 0 Å². The molecule has 6 nitrogen and oxygen atoms in total. The van der Waals surface area contributed by atoms with E-state index in [2.05, 4.69) is 0 Å². The van der Waals surface area contributed by atoms with Crippen molar-refractivity contribution in [1.82, 2.24) is 0 Å². The summed E-state index contributed by atoms with van der Waals surface area (Å²) in [7, 11) is 0. The topological polar surface area (TPSA) is 83.9 Å². The Balaban J connectivity index is 2.50. The second-order valence-corrected chi connectivity index (χ2v) is 4.32. The lowest BCUT2D eigenvalue weighted by Gasteiger charge is -2.32. The lowest BCUT2D eigenvalue weighted by Crippen LogP contribution is -2.46. The summed E-state index contributed by atoms with van der Waals surface area (Å²) in [5, 5.41) is 8.87. The number of ether oxygens (including phenoxy) is 1. The highest BCUT2D eigenvalue weighted by molar-refractivity contribution is 6.04. The van der Waals surface area contributed by atoms with Crippen LogP contribution < -0.4 is 9.64 Å². The number of hydrogen-bond donors (Lipinski definition) is 1. The quantitative estimate of drug-likeness (QED) is 0.825. The zero-order valence-corrected chi connectivity index (χ0v) is 10.5. The van der Waals surface area contributed by atoms with Crippen LogP contribution in [0.15, 0.2) is 18.2 Å². The van der Waals surface area contributed by atoms with Gasteiger partial charge in [-0.2, -0.15) is 0 Å². The Hall–Kier alpha value is -2.37. The van der Waals surface area contributed by atoms with Crippen molar-refractivity contribution in [3.05, 3.63) is 23.8 Å². The SMILES string of the molecule is CC(=O)c1ccc2c(c1)N(CC(=O)O)C(=O)[C@@H](C)O2. The van der Waals surface area contributed by atoms with Gasteiger partial charge in [-0.3, -0.25) is 19.3 Å². The molecule has 0 spiro atoms. The summed E-state index contributed by atoms with van der Waals surface area (Å²) < 4.78 is 5.40. The molecule has 1 amide bonds. The third-order valence-corrected chi connectivity index (χ3v) is 2.87. The summed E-state index contributed by atoms with van der Waals surface area (Å²) in [5.41, 5.74) is 0.721. The molecule has 0 aromatic heterocycles. The molecule has 1 atom stereocenters. The van der Waals surface area contributed by atoms with Crippen molar-refractivity contribution in [2.75, 3.05) is 11.4 Å². The van der Waals surface area contributed by atoms with Gasteiger partial charge in [0.1, 0.15) is 12.3 Å². The predicted molar refractivity (Wildman–Crippen MR) is 66.5 cm³/mol. The van der Waals surface area contributed by atoms with Gasteiger partial charge in [0.2, 0.25) is 0 Å². The van der Waals surface area contributed by atoms with Gasteiger partial charge in [-0.15, -0.1) is 0 Å². The highest BCUT2D eigenvalue weighted by Crippen LogP contribution is 2.34. The molecule has 0 saturated heterocycles. The number of carboxylic acids is 1. The average Bonchev–Trinajstić information content (AvgIpc) is 2.34.